The molecule has 6 heteroatoms. The summed E-state index contributed by atoms with van der Waals surface area (Å²) in [5, 5.41) is 14.4. The van der Waals surface area contributed by atoms with E-state index < -0.39 is 5.54 Å². The molecule has 1 heterocycles. The average molecular weight is 265 g/mol. The fourth-order valence-corrected chi connectivity index (χ4v) is 2.69. The highest BCUT2D eigenvalue weighted by atomic mass is 16.2. The molecule has 1 aliphatic rings. The lowest BCUT2D eigenvalue weighted by Gasteiger charge is -2.35. The molecule has 0 radical (unpaired) electrons. The molecule has 0 atom stereocenters. The molecule has 0 saturated heterocycles. The van der Waals surface area contributed by atoms with Crippen molar-refractivity contribution in [2.24, 2.45) is 5.92 Å². The van der Waals surface area contributed by atoms with Crippen LogP contribution < -0.4 is 5.32 Å². The van der Waals surface area contributed by atoms with Crippen molar-refractivity contribution >= 4 is 5.91 Å². The van der Waals surface area contributed by atoms with Crippen molar-refractivity contribution in [3.05, 3.63) is 6.33 Å². The van der Waals surface area contributed by atoms with Crippen LogP contribution in [0.5, 0.6) is 0 Å². The zero-order chi connectivity index (χ0) is 13.7. The molecule has 0 aromatic carbocycles. The number of nitrogens with one attached hydrogen (secondary N) is 1. The molecule has 1 fully saturated rings. The maximum Gasteiger partial charge on any atom is 0.248 e. The first-order valence-electron chi connectivity index (χ1n) is 7.17. The number of hydrogen-bond acceptors (Lipinski definition) is 4. The van der Waals surface area contributed by atoms with Crippen LogP contribution in [-0.4, -0.2) is 32.7 Å². The van der Waals surface area contributed by atoms with Crippen molar-refractivity contribution in [2.75, 3.05) is 6.54 Å². The summed E-state index contributed by atoms with van der Waals surface area (Å²) in [6.45, 7) is 5.04. The second-order valence-electron chi connectivity index (χ2n) is 5.79. The summed E-state index contributed by atoms with van der Waals surface area (Å²) < 4.78 is 1.65. The molecule has 0 unspecified atom stereocenters. The van der Waals surface area contributed by atoms with Gasteiger partial charge in [0.2, 0.25) is 5.91 Å². The number of carbonyl (C=O) groups is 1. The molecule has 106 valence electrons. The maximum atomic E-state index is 12.6. The van der Waals surface area contributed by atoms with Crippen LogP contribution in [0.1, 0.15) is 52.4 Å². The van der Waals surface area contributed by atoms with Crippen LogP contribution in [-0.2, 0) is 10.3 Å². The van der Waals surface area contributed by atoms with Gasteiger partial charge in [-0.2, -0.15) is 0 Å². The second-order valence-corrected chi connectivity index (χ2v) is 5.79. The highest BCUT2D eigenvalue weighted by Crippen LogP contribution is 2.34. The third kappa shape index (κ3) is 3.11. The lowest BCUT2D eigenvalue weighted by molar-refractivity contribution is -0.132. The maximum absolute atomic E-state index is 12.6. The minimum atomic E-state index is -0.571. The quantitative estimate of drug-likeness (QED) is 0.875. The normalized spacial score (nSPS) is 18.5. The van der Waals surface area contributed by atoms with Crippen LogP contribution in [0.15, 0.2) is 6.33 Å². The summed E-state index contributed by atoms with van der Waals surface area (Å²) in [5.41, 5.74) is -0.571. The molecular weight excluding hydrogens is 242 g/mol. The van der Waals surface area contributed by atoms with Crippen molar-refractivity contribution in [3.8, 4) is 0 Å². The summed E-state index contributed by atoms with van der Waals surface area (Å²) in [4.78, 5) is 12.6. The Balaban J connectivity index is 2.07. The summed E-state index contributed by atoms with van der Waals surface area (Å²) >= 11 is 0. The Morgan fingerprint density at radius 1 is 1.37 bits per heavy atom. The minimum Gasteiger partial charge on any atom is -0.354 e. The predicted octanol–water partition coefficient (Wildman–Crippen LogP) is 1.49. The van der Waals surface area contributed by atoms with Gasteiger partial charge >= 0.3 is 0 Å². The number of tetrazole rings is 1. The highest BCUT2D eigenvalue weighted by Gasteiger charge is 2.42. The van der Waals surface area contributed by atoms with Gasteiger partial charge in [-0.1, -0.05) is 33.1 Å². The Labute approximate surface area is 113 Å². The Morgan fingerprint density at radius 3 is 2.68 bits per heavy atom. The zero-order valence-corrected chi connectivity index (χ0v) is 11.8. The van der Waals surface area contributed by atoms with E-state index in [1.54, 1.807) is 11.0 Å². The van der Waals surface area contributed by atoms with Crippen molar-refractivity contribution < 1.29 is 4.79 Å². The molecule has 0 spiro atoms. The summed E-state index contributed by atoms with van der Waals surface area (Å²) in [7, 11) is 0. The van der Waals surface area contributed by atoms with Gasteiger partial charge in [0.1, 0.15) is 11.9 Å². The standard InChI is InChI=1S/C13H23N5O/c1-11(2)6-9-14-12(19)13(7-4-3-5-8-13)18-10-15-16-17-18/h10-11H,3-9H2,1-2H3,(H,14,19). The molecule has 1 N–H and O–H groups in total. The van der Waals surface area contributed by atoms with E-state index in [0.717, 1.165) is 38.6 Å². The fourth-order valence-electron chi connectivity index (χ4n) is 2.69. The van der Waals surface area contributed by atoms with Gasteiger partial charge in [-0.15, -0.1) is 5.10 Å². The van der Waals surface area contributed by atoms with E-state index in [-0.39, 0.29) is 5.91 Å². The topological polar surface area (TPSA) is 72.7 Å². The number of rotatable bonds is 5. The average Bonchev–Trinajstić information content (AvgIpc) is 2.93. The number of nitrogens with zero attached hydrogens (tertiary/aromatic N) is 4. The third-order valence-electron chi connectivity index (χ3n) is 3.90. The number of carbonyl (C=O) groups excluding carboxylic acids is 1. The van der Waals surface area contributed by atoms with Gasteiger partial charge in [-0.3, -0.25) is 4.79 Å². The van der Waals surface area contributed by atoms with E-state index in [4.69, 9.17) is 0 Å². The van der Waals surface area contributed by atoms with Crippen LogP contribution >= 0.6 is 0 Å². The molecule has 19 heavy (non-hydrogen) atoms. The van der Waals surface area contributed by atoms with Crippen LogP contribution in [0.2, 0.25) is 0 Å². The molecule has 1 aliphatic carbocycles. The van der Waals surface area contributed by atoms with E-state index in [2.05, 4.69) is 34.7 Å². The van der Waals surface area contributed by atoms with E-state index in [1.165, 1.54) is 6.42 Å². The highest BCUT2D eigenvalue weighted by molar-refractivity contribution is 5.84. The van der Waals surface area contributed by atoms with Gasteiger partial charge in [-0.05, 0) is 35.6 Å². The zero-order valence-electron chi connectivity index (χ0n) is 11.8. The number of aromatic nitrogens is 4. The molecule has 0 bridgehead atoms. The molecule has 1 aromatic heterocycles. The van der Waals surface area contributed by atoms with Gasteiger partial charge in [0.25, 0.3) is 0 Å². The van der Waals surface area contributed by atoms with Crippen LogP contribution in [0.4, 0.5) is 0 Å². The van der Waals surface area contributed by atoms with E-state index in [9.17, 15) is 4.79 Å². The van der Waals surface area contributed by atoms with Crippen molar-refractivity contribution in [1.29, 1.82) is 0 Å². The summed E-state index contributed by atoms with van der Waals surface area (Å²) in [5.74, 6) is 0.663. The molecule has 6 nitrogen and oxygen atoms in total. The van der Waals surface area contributed by atoms with Crippen LogP contribution in [0, 0.1) is 5.92 Å². The Hall–Kier alpha value is -1.46. The molecule has 1 aromatic rings. The third-order valence-corrected chi connectivity index (χ3v) is 3.90. The van der Waals surface area contributed by atoms with Gasteiger partial charge in [-0.25, -0.2) is 4.68 Å². The second kappa shape index (κ2) is 6.12. The molecular formula is C13H23N5O. The first kappa shape index (κ1) is 14.0. The fraction of sp³-hybridized carbons (Fsp3) is 0.846. The molecule has 1 saturated carbocycles. The SMILES string of the molecule is CC(C)CCNC(=O)C1(n2cnnn2)CCCCC1. The van der Waals surface area contributed by atoms with Crippen molar-refractivity contribution in [3.63, 3.8) is 0 Å². The number of hydrogen-bond donors (Lipinski definition) is 1. The lowest BCUT2D eigenvalue weighted by Crippen LogP contribution is -2.50. The summed E-state index contributed by atoms with van der Waals surface area (Å²) in [6, 6.07) is 0. The van der Waals surface area contributed by atoms with E-state index in [1.807, 2.05) is 0 Å². The largest absolute Gasteiger partial charge is 0.354 e. The summed E-state index contributed by atoms with van der Waals surface area (Å²) in [6.07, 6.45) is 7.50. The predicted molar refractivity (Wildman–Crippen MR) is 71.3 cm³/mol. The van der Waals surface area contributed by atoms with Crippen LogP contribution in [0.3, 0.4) is 0 Å². The Kier molecular flexibility index (Phi) is 4.50. The Bertz CT molecular complexity index is 395. The van der Waals surface area contributed by atoms with Gasteiger partial charge in [0.15, 0.2) is 0 Å². The van der Waals surface area contributed by atoms with Crippen molar-refractivity contribution in [2.45, 2.75) is 57.9 Å². The van der Waals surface area contributed by atoms with Gasteiger partial charge in [0.05, 0.1) is 0 Å². The van der Waals surface area contributed by atoms with Gasteiger partial charge in [0, 0.05) is 6.54 Å². The molecule has 1 amide bonds. The van der Waals surface area contributed by atoms with Gasteiger partial charge < -0.3 is 5.32 Å². The molecule has 0 aliphatic heterocycles. The first-order chi connectivity index (χ1) is 9.15. The van der Waals surface area contributed by atoms with Crippen LogP contribution in [0.25, 0.3) is 0 Å². The van der Waals surface area contributed by atoms with E-state index in [0.29, 0.717) is 5.92 Å². The lowest BCUT2D eigenvalue weighted by atomic mass is 9.81. The Morgan fingerprint density at radius 2 is 2.11 bits per heavy atom. The monoisotopic (exact) mass is 265 g/mol. The number of amides is 1. The minimum absolute atomic E-state index is 0.0696. The van der Waals surface area contributed by atoms with Crippen molar-refractivity contribution in [1.82, 2.24) is 25.5 Å². The smallest absolute Gasteiger partial charge is 0.248 e. The molecule has 2 rings (SSSR count). The first-order valence-corrected chi connectivity index (χ1v) is 7.17. The van der Waals surface area contributed by atoms with E-state index >= 15 is 0 Å².